The number of rotatable bonds is 7. The van der Waals surface area contributed by atoms with E-state index in [9.17, 15) is 0 Å². The minimum atomic E-state index is 0.179. The van der Waals surface area contributed by atoms with Crippen LogP contribution < -0.4 is 10.1 Å². The number of nitrogens with one attached hydrogen (secondary N) is 1. The standard InChI is InChI=1S/C16H21ClN2OS/c1-4-7-18-15(9-13-10-21-11(2)19-13)14-6-5-12(17)8-16(14)20-3/h5-6,8,10,15,18H,4,7,9H2,1-3H3. The predicted octanol–water partition coefficient (Wildman–Crippen LogP) is 4.40. The molecule has 21 heavy (non-hydrogen) atoms. The molecule has 1 aromatic carbocycles. The summed E-state index contributed by atoms with van der Waals surface area (Å²) in [6.07, 6.45) is 1.94. The van der Waals surface area contributed by atoms with Crippen LogP contribution in [0.15, 0.2) is 23.6 Å². The molecule has 0 bridgehead atoms. The molecule has 1 aromatic heterocycles. The third kappa shape index (κ3) is 4.43. The van der Waals surface area contributed by atoms with Gasteiger partial charge in [-0.1, -0.05) is 24.6 Å². The smallest absolute Gasteiger partial charge is 0.125 e. The lowest BCUT2D eigenvalue weighted by Crippen LogP contribution is -2.24. The Morgan fingerprint density at radius 1 is 1.43 bits per heavy atom. The second-order valence-electron chi connectivity index (χ2n) is 4.95. The lowest BCUT2D eigenvalue weighted by molar-refractivity contribution is 0.398. The van der Waals surface area contributed by atoms with Crippen LogP contribution in [0, 0.1) is 6.92 Å². The van der Waals surface area contributed by atoms with Crippen LogP contribution >= 0.6 is 22.9 Å². The largest absolute Gasteiger partial charge is 0.496 e. The minimum Gasteiger partial charge on any atom is -0.496 e. The minimum absolute atomic E-state index is 0.179. The molecule has 3 nitrogen and oxygen atoms in total. The number of hydrogen-bond donors (Lipinski definition) is 1. The third-order valence-electron chi connectivity index (χ3n) is 3.29. The fourth-order valence-electron chi connectivity index (χ4n) is 2.29. The van der Waals surface area contributed by atoms with Gasteiger partial charge >= 0.3 is 0 Å². The van der Waals surface area contributed by atoms with Gasteiger partial charge in [0, 0.05) is 28.4 Å². The van der Waals surface area contributed by atoms with Crippen LogP contribution in [0.1, 0.15) is 35.7 Å². The SMILES string of the molecule is CCCNC(Cc1csc(C)n1)c1ccc(Cl)cc1OC. The second kappa shape index (κ2) is 7.78. The van der Waals surface area contributed by atoms with E-state index in [2.05, 4.69) is 22.6 Å². The molecule has 0 saturated carbocycles. The van der Waals surface area contributed by atoms with Crippen molar-refractivity contribution in [2.75, 3.05) is 13.7 Å². The van der Waals surface area contributed by atoms with Gasteiger partial charge in [-0.2, -0.15) is 0 Å². The number of methoxy groups -OCH3 is 1. The van der Waals surface area contributed by atoms with Gasteiger partial charge < -0.3 is 10.1 Å². The summed E-state index contributed by atoms with van der Waals surface area (Å²) in [5.41, 5.74) is 2.24. The number of ether oxygens (including phenoxy) is 1. The zero-order valence-electron chi connectivity index (χ0n) is 12.6. The van der Waals surface area contributed by atoms with Crippen LogP contribution in [0.25, 0.3) is 0 Å². The monoisotopic (exact) mass is 324 g/mol. The summed E-state index contributed by atoms with van der Waals surface area (Å²) in [6, 6.07) is 5.99. The molecule has 0 radical (unpaired) electrons. The molecule has 0 saturated heterocycles. The molecule has 0 aliphatic carbocycles. The van der Waals surface area contributed by atoms with Gasteiger partial charge in [0.1, 0.15) is 5.75 Å². The molecule has 0 spiro atoms. The number of nitrogens with zero attached hydrogens (tertiary/aromatic N) is 1. The highest BCUT2D eigenvalue weighted by Gasteiger charge is 2.17. The van der Waals surface area contributed by atoms with Crippen molar-refractivity contribution in [2.45, 2.75) is 32.7 Å². The van der Waals surface area contributed by atoms with Crippen LogP contribution in [-0.4, -0.2) is 18.6 Å². The Bertz CT molecular complexity index is 585. The van der Waals surface area contributed by atoms with Gasteiger partial charge in [0.25, 0.3) is 0 Å². The second-order valence-corrected chi connectivity index (χ2v) is 6.45. The third-order valence-corrected chi connectivity index (χ3v) is 4.35. The number of aromatic nitrogens is 1. The molecular weight excluding hydrogens is 304 g/mol. The molecule has 0 fully saturated rings. The van der Waals surface area contributed by atoms with E-state index >= 15 is 0 Å². The van der Waals surface area contributed by atoms with Crippen LogP contribution in [-0.2, 0) is 6.42 Å². The van der Waals surface area contributed by atoms with Crippen molar-refractivity contribution >= 4 is 22.9 Å². The Morgan fingerprint density at radius 3 is 2.86 bits per heavy atom. The molecule has 1 atom stereocenters. The molecule has 1 unspecified atom stereocenters. The van der Waals surface area contributed by atoms with Gasteiger partial charge in [-0.3, -0.25) is 0 Å². The van der Waals surface area contributed by atoms with Crippen molar-refractivity contribution in [3.8, 4) is 5.75 Å². The maximum Gasteiger partial charge on any atom is 0.125 e. The first-order valence-corrected chi connectivity index (χ1v) is 8.37. The lowest BCUT2D eigenvalue weighted by atomic mass is 10.0. The molecule has 0 aliphatic heterocycles. The highest BCUT2D eigenvalue weighted by atomic mass is 35.5. The van der Waals surface area contributed by atoms with Crippen molar-refractivity contribution in [3.63, 3.8) is 0 Å². The zero-order chi connectivity index (χ0) is 15.2. The zero-order valence-corrected chi connectivity index (χ0v) is 14.2. The van der Waals surface area contributed by atoms with Crippen molar-refractivity contribution in [2.24, 2.45) is 0 Å². The summed E-state index contributed by atoms with van der Waals surface area (Å²) in [5.74, 6) is 0.822. The molecule has 114 valence electrons. The average molecular weight is 325 g/mol. The maximum absolute atomic E-state index is 6.06. The first-order valence-electron chi connectivity index (χ1n) is 7.11. The van der Waals surface area contributed by atoms with E-state index in [1.54, 1.807) is 18.4 Å². The first kappa shape index (κ1) is 16.3. The Morgan fingerprint density at radius 2 is 2.24 bits per heavy atom. The summed E-state index contributed by atoms with van der Waals surface area (Å²) < 4.78 is 5.49. The van der Waals surface area contributed by atoms with Crippen molar-refractivity contribution in [1.82, 2.24) is 10.3 Å². The number of hydrogen-bond acceptors (Lipinski definition) is 4. The first-order chi connectivity index (χ1) is 10.1. The van der Waals surface area contributed by atoms with E-state index in [0.717, 1.165) is 41.4 Å². The number of thiazole rings is 1. The van der Waals surface area contributed by atoms with Crippen molar-refractivity contribution in [3.05, 3.63) is 44.9 Å². The quantitative estimate of drug-likeness (QED) is 0.819. The Labute approximate surface area is 135 Å². The Kier molecular flexibility index (Phi) is 6.03. The van der Waals surface area contributed by atoms with Crippen LogP contribution in [0.3, 0.4) is 0 Å². The van der Waals surface area contributed by atoms with Crippen LogP contribution in [0.4, 0.5) is 0 Å². The number of aryl methyl sites for hydroxylation is 1. The van der Waals surface area contributed by atoms with E-state index in [-0.39, 0.29) is 6.04 Å². The molecule has 0 amide bonds. The lowest BCUT2D eigenvalue weighted by Gasteiger charge is -2.20. The highest BCUT2D eigenvalue weighted by molar-refractivity contribution is 7.09. The average Bonchev–Trinajstić information content (AvgIpc) is 2.88. The Balaban J connectivity index is 2.26. The molecule has 1 N–H and O–H groups in total. The van der Waals surface area contributed by atoms with Gasteiger partial charge in [-0.05, 0) is 32.0 Å². The summed E-state index contributed by atoms with van der Waals surface area (Å²) in [5, 5.41) is 7.49. The topological polar surface area (TPSA) is 34.2 Å². The van der Waals surface area contributed by atoms with Crippen LogP contribution in [0.2, 0.25) is 5.02 Å². The summed E-state index contributed by atoms with van der Waals surface area (Å²) >= 11 is 7.74. The van der Waals surface area contributed by atoms with Crippen molar-refractivity contribution < 1.29 is 4.74 Å². The predicted molar refractivity (Wildman–Crippen MR) is 89.6 cm³/mol. The molecule has 5 heteroatoms. The van der Waals surface area contributed by atoms with E-state index in [0.29, 0.717) is 5.02 Å². The molecular formula is C16H21ClN2OS. The van der Waals surface area contributed by atoms with Gasteiger partial charge in [0.15, 0.2) is 0 Å². The van der Waals surface area contributed by atoms with Gasteiger partial charge in [0.2, 0.25) is 0 Å². The normalized spacial score (nSPS) is 12.4. The fraction of sp³-hybridized carbons (Fsp3) is 0.438. The highest BCUT2D eigenvalue weighted by Crippen LogP contribution is 2.30. The molecule has 1 heterocycles. The van der Waals surface area contributed by atoms with E-state index in [1.165, 1.54) is 0 Å². The maximum atomic E-state index is 6.06. The van der Waals surface area contributed by atoms with E-state index in [4.69, 9.17) is 16.3 Å². The van der Waals surface area contributed by atoms with E-state index < -0.39 is 0 Å². The van der Waals surface area contributed by atoms with Gasteiger partial charge in [-0.25, -0.2) is 4.98 Å². The number of benzene rings is 1. The van der Waals surface area contributed by atoms with E-state index in [1.807, 2.05) is 25.1 Å². The van der Waals surface area contributed by atoms with Crippen molar-refractivity contribution in [1.29, 1.82) is 0 Å². The molecule has 2 aromatic rings. The summed E-state index contributed by atoms with van der Waals surface area (Å²) in [7, 11) is 1.68. The Hall–Kier alpha value is -1.10. The summed E-state index contributed by atoms with van der Waals surface area (Å²) in [6.45, 7) is 5.15. The van der Waals surface area contributed by atoms with Gasteiger partial charge in [0.05, 0.1) is 17.8 Å². The van der Waals surface area contributed by atoms with Crippen LogP contribution in [0.5, 0.6) is 5.75 Å². The number of halogens is 1. The molecule has 2 rings (SSSR count). The van der Waals surface area contributed by atoms with Gasteiger partial charge in [-0.15, -0.1) is 11.3 Å². The fourth-order valence-corrected chi connectivity index (χ4v) is 3.08. The molecule has 0 aliphatic rings. The summed E-state index contributed by atoms with van der Waals surface area (Å²) in [4.78, 5) is 4.57.